The second kappa shape index (κ2) is 6.69. The Morgan fingerprint density at radius 2 is 2.00 bits per heavy atom. The topological polar surface area (TPSA) is 119 Å². The first kappa shape index (κ1) is 15.7. The highest BCUT2D eigenvalue weighted by molar-refractivity contribution is 5.82. The number of hydrogen-bond donors (Lipinski definition) is 4. The Labute approximate surface area is 111 Å². The Morgan fingerprint density at radius 1 is 1.42 bits per heavy atom. The average molecular weight is 276 g/mol. The molecule has 1 saturated heterocycles. The zero-order valence-electron chi connectivity index (χ0n) is 10.8. The van der Waals surface area contributed by atoms with Gasteiger partial charge in [-0.15, -0.1) is 0 Å². The van der Waals surface area contributed by atoms with Crippen molar-refractivity contribution in [1.82, 2.24) is 10.2 Å². The van der Waals surface area contributed by atoms with E-state index in [2.05, 4.69) is 5.32 Å². The van der Waals surface area contributed by atoms with Gasteiger partial charge in [0.2, 0.25) is 0 Å². The summed E-state index contributed by atoms with van der Waals surface area (Å²) < 4.78 is 5.13. The molecule has 110 valence electrons. The van der Waals surface area contributed by atoms with Crippen molar-refractivity contribution in [3.8, 4) is 0 Å². The molecule has 1 aliphatic rings. The number of urea groups is 1. The van der Waals surface area contributed by atoms with E-state index in [1.54, 1.807) is 0 Å². The number of nitrogens with zero attached hydrogens (tertiary/aromatic N) is 1. The van der Waals surface area contributed by atoms with Crippen LogP contribution in [0.25, 0.3) is 0 Å². The van der Waals surface area contributed by atoms with Crippen LogP contribution < -0.4 is 5.32 Å². The number of nitrogens with one attached hydrogen (secondary N) is 1. The van der Waals surface area contributed by atoms with Crippen LogP contribution in [0, 0.1) is 0 Å². The van der Waals surface area contributed by atoms with Gasteiger partial charge in [-0.3, -0.25) is 0 Å². The van der Waals surface area contributed by atoms with Gasteiger partial charge in [-0.2, -0.15) is 0 Å². The molecular weight excluding hydrogens is 256 g/mol. The lowest BCUT2D eigenvalue weighted by Crippen LogP contribution is -2.53. The molecule has 0 spiro atoms. The largest absolute Gasteiger partial charge is 0.480 e. The lowest BCUT2D eigenvalue weighted by Gasteiger charge is -2.35. The van der Waals surface area contributed by atoms with Crippen LogP contribution in [0.3, 0.4) is 0 Å². The molecule has 0 aromatic heterocycles. The van der Waals surface area contributed by atoms with Gasteiger partial charge in [-0.25, -0.2) is 9.59 Å². The summed E-state index contributed by atoms with van der Waals surface area (Å²) in [5.41, 5.74) is -1.01. The normalized spacial score (nSPS) is 19.5. The van der Waals surface area contributed by atoms with Crippen LogP contribution in [0.1, 0.15) is 12.8 Å². The van der Waals surface area contributed by atoms with E-state index >= 15 is 0 Å². The third-order valence-electron chi connectivity index (χ3n) is 3.08. The van der Waals surface area contributed by atoms with Gasteiger partial charge in [0, 0.05) is 33.1 Å². The Bertz CT molecular complexity index is 329. The van der Waals surface area contributed by atoms with Crippen LogP contribution in [-0.2, 0) is 9.53 Å². The third-order valence-corrected chi connectivity index (χ3v) is 3.08. The predicted molar refractivity (Wildman–Crippen MR) is 64.7 cm³/mol. The van der Waals surface area contributed by atoms with Crippen LogP contribution >= 0.6 is 0 Å². The summed E-state index contributed by atoms with van der Waals surface area (Å²) in [6.45, 7) is 0.258. The van der Waals surface area contributed by atoms with Crippen molar-refractivity contribution < 1.29 is 29.6 Å². The number of ether oxygens (including phenoxy) is 1. The van der Waals surface area contributed by atoms with Crippen molar-refractivity contribution in [2.75, 3.05) is 33.4 Å². The lowest BCUT2D eigenvalue weighted by atomic mass is 9.94. The van der Waals surface area contributed by atoms with Gasteiger partial charge in [0.05, 0.1) is 18.8 Å². The van der Waals surface area contributed by atoms with E-state index in [1.165, 1.54) is 11.9 Å². The minimum Gasteiger partial charge on any atom is -0.480 e. The number of aliphatic carboxylic acids is 1. The molecule has 8 heteroatoms. The molecule has 1 unspecified atom stereocenters. The fourth-order valence-corrected chi connectivity index (χ4v) is 1.87. The molecule has 8 nitrogen and oxygen atoms in total. The summed E-state index contributed by atoms with van der Waals surface area (Å²) in [7, 11) is 1.46. The highest BCUT2D eigenvalue weighted by Gasteiger charge is 2.33. The number of carbonyl (C=O) groups is 2. The molecule has 1 heterocycles. The molecule has 0 bridgehead atoms. The first-order valence-electron chi connectivity index (χ1n) is 6.03. The standard InChI is InChI=1S/C11H20N2O6/c1-13(7-11(18)2-4-19-5-3-11)10(17)12-8(6-14)9(15)16/h8,14,18H,2-7H2,1H3,(H,12,17)(H,15,16). The fraction of sp³-hybridized carbons (Fsp3) is 0.818. The number of carboxylic acid groups (broad SMARTS) is 1. The molecule has 4 N–H and O–H groups in total. The monoisotopic (exact) mass is 276 g/mol. The fourth-order valence-electron chi connectivity index (χ4n) is 1.87. The van der Waals surface area contributed by atoms with Crippen molar-refractivity contribution in [1.29, 1.82) is 0 Å². The molecule has 0 radical (unpaired) electrons. The van der Waals surface area contributed by atoms with E-state index in [0.717, 1.165) is 0 Å². The SMILES string of the molecule is CN(CC1(O)CCOCC1)C(=O)NC(CO)C(=O)O. The number of aliphatic hydroxyl groups is 2. The highest BCUT2D eigenvalue weighted by Crippen LogP contribution is 2.21. The summed E-state index contributed by atoms with van der Waals surface area (Å²) in [6, 6.07) is -2.00. The van der Waals surface area contributed by atoms with E-state index < -0.39 is 30.3 Å². The molecule has 1 aliphatic heterocycles. The summed E-state index contributed by atoms with van der Waals surface area (Å²) in [5.74, 6) is -1.31. The van der Waals surface area contributed by atoms with Gasteiger partial charge in [-0.05, 0) is 0 Å². The molecule has 1 rings (SSSR count). The van der Waals surface area contributed by atoms with E-state index in [0.29, 0.717) is 26.1 Å². The van der Waals surface area contributed by atoms with Crippen LogP contribution in [0.15, 0.2) is 0 Å². The van der Waals surface area contributed by atoms with Crippen molar-refractivity contribution in [3.63, 3.8) is 0 Å². The number of rotatable bonds is 5. The molecule has 0 aromatic carbocycles. The number of likely N-dealkylation sites (N-methyl/N-ethyl adjacent to an activating group) is 1. The summed E-state index contributed by atoms with van der Waals surface area (Å²) in [6.07, 6.45) is 0.847. The van der Waals surface area contributed by atoms with Gasteiger partial charge >= 0.3 is 12.0 Å². The molecule has 0 saturated carbocycles. The second-order valence-electron chi connectivity index (χ2n) is 4.72. The maximum atomic E-state index is 11.7. The Kier molecular flexibility index (Phi) is 5.52. The quantitative estimate of drug-likeness (QED) is 0.491. The zero-order chi connectivity index (χ0) is 14.5. The molecule has 1 atom stereocenters. The van der Waals surface area contributed by atoms with Gasteiger partial charge in [0.15, 0.2) is 6.04 Å². The van der Waals surface area contributed by atoms with Gasteiger partial charge in [0.1, 0.15) is 0 Å². The smallest absolute Gasteiger partial charge is 0.328 e. The second-order valence-corrected chi connectivity index (χ2v) is 4.72. The number of hydrogen-bond acceptors (Lipinski definition) is 5. The van der Waals surface area contributed by atoms with Crippen LogP contribution in [0.4, 0.5) is 4.79 Å². The van der Waals surface area contributed by atoms with E-state index in [4.69, 9.17) is 14.9 Å². The Morgan fingerprint density at radius 3 is 2.47 bits per heavy atom. The molecule has 0 aromatic rings. The number of carboxylic acids is 1. The van der Waals surface area contributed by atoms with Crippen molar-refractivity contribution in [2.24, 2.45) is 0 Å². The summed E-state index contributed by atoms with van der Waals surface area (Å²) in [5, 5.41) is 29.9. The summed E-state index contributed by atoms with van der Waals surface area (Å²) >= 11 is 0. The lowest BCUT2D eigenvalue weighted by molar-refractivity contribution is -0.140. The van der Waals surface area contributed by atoms with Crippen molar-refractivity contribution >= 4 is 12.0 Å². The third kappa shape index (κ3) is 4.66. The Balaban J connectivity index is 2.50. The molecule has 2 amide bonds. The molecular formula is C11H20N2O6. The van der Waals surface area contributed by atoms with Crippen molar-refractivity contribution in [3.05, 3.63) is 0 Å². The zero-order valence-corrected chi connectivity index (χ0v) is 10.8. The van der Waals surface area contributed by atoms with Crippen LogP contribution in [0.2, 0.25) is 0 Å². The van der Waals surface area contributed by atoms with Gasteiger partial charge in [-0.1, -0.05) is 0 Å². The number of amides is 2. The van der Waals surface area contributed by atoms with Gasteiger partial charge < -0.3 is 30.3 Å². The summed E-state index contributed by atoms with van der Waals surface area (Å²) in [4.78, 5) is 23.6. The molecule has 0 aliphatic carbocycles. The predicted octanol–water partition coefficient (Wildman–Crippen LogP) is -1.39. The van der Waals surface area contributed by atoms with E-state index in [9.17, 15) is 14.7 Å². The van der Waals surface area contributed by atoms with Crippen LogP contribution in [0.5, 0.6) is 0 Å². The minimum atomic E-state index is -1.35. The average Bonchev–Trinajstić information content (AvgIpc) is 2.35. The molecule has 1 fully saturated rings. The molecule has 19 heavy (non-hydrogen) atoms. The van der Waals surface area contributed by atoms with Crippen LogP contribution in [-0.4, -0.2) is 77.3 Å². The minimum absolute atomic E-state index is 0.0833. The first-order chi connectivity index (χ1) is 8.88. The number of aliphatic hydroxyl groups excluding tert-OH is 1. The maximum Gasteiger partial charge on any atom is 0.328 e. The maximum absolute atomic E-state index is 11.7. The van der Waals surface area contributed by atoms with E-state index in [-0.39, 0.29) is 6.54 Å². The van der Waals surface area contributed by atoms with E-state index in [1.807, 2.05) is 0 Å². The van der Waals surface area contributed by atoms with Crippen molar-refractivity contribution in [2.45, 2.75) is 24.5 Å². The first-order valence-corrected chi connectivity index (χ1v) is 6.03. The number of carbonyl (C=O) groups excluding carboxylic acids is 1. The highest BCUT2D eigenvalue weighted by atomic mass is 16.5. The Hall–Kier alpha value is -1.38. The van der Waals surface area contributed by atoms with Gasteiger partial charge in [0.25, 0.3) is 0 Å².